The van der Waals surface area contributed by atoms with Crippen molar-refractivity contribution in [2.45, 2.75) is 30.5 Å². The molecule has 0 unspecified atom stereocenters. The molecule has 0 bridgehead atoms. The van der Waals surface area contributed by atoms with Crippen molar-refractivity contribution in [2.75, 3.05) is 12.8 Å². The average Bonchev–Trinajstić information content (AvgIpc) is 2.94. The molecule has 4 N–H and O–H groups in total. The summed E-state index contributed by atoms with van der Waals surface area (Å²) in [6.45, 7) is 3.56. The van der Waals surface area contributed by atoms with Crippen LogP contribution in [0.15, 0.2) is 10.5 Å². The van der Waals surface area contributed by atoms with Crippen molar-refractivity contribution in [1.82, 2.24) is 14.6 Å². The van der Waals surface area contributed by atoms with Crippen LogP contribution in [0.4, 0.5) is 5.13 Å². The predicted molar refractivity (Wildman–Crippen MR) is 96.9 cm³/mol. The summed E-state index contributed by atoms with van der Waals surface area (Å²) in [6, 6.07) is -1.16. The van der Waals surface area contributed by atoms with Crippen LogP contribution in [0.1, 0.15) is 19.5 Å². The first-order valence-corrected chi connectivity index (χ1v) is 10.4. The van der Waals surface area contributed by atoms with Crippen LogP contribution in [0.25, 0.3) is 0 Å². The smallest absolute Gasteiger partial charge is 0.363 e. The first-order chi connectivity index (χ1) is 12.1. The van der Waals surface area contributed by atoms with Gasteiger partial charge in [0.25, 0.3) is 11.8 Å². The van der Waals surface area contributed by atoms with Crippen LogP contribution in [0.2, 0.25) is 0 Å². The number of carbonyl (C=O) groups excluding carboxylic acids is 2. The molecule has 0 radical (unpaired) electrons. The lowest BCUT2D eigenvalue weighted by Crippen LogP contribution is -2.71. The SMILES string of the molecule is CO/N=C(/C(=O)N[C@@H]1C(=O)N(S(=O)(=O)O)[C@@H]1SC(C)C)c1csc(N)n1. The number of thiazole rings is 1. The summed E-state index contributed by atoms with van der Waals surface area (Å²) in [5.41, 5.74) is 5.47. The third-order valence-corrected chi connectivity index (χ3v) is 6.13. The van der Waals surface area contributed by atoms with Gasteiger partial charge in [0, 0.05) is 10.6 Å². The summed E-state index contributed by atoms with van der Waals surface area (Å²) in [5, 5.41) is 6.64. The van der Waals surface area contributed by atoms with E-state index < -0.39 is 33.5 Å². The third-order valence-electron chi connectivity index (χ3n) is 3.11. The number of nitrogen functional groups attached to an aromatic ring is 1. The molecular weight excluding hydrogens is 406 g/mol. The number of amides is 2. The number of aromatic nitrogens is 1. The molecule has 1 aliphatic rings. The Hall–Kier alpha value is -1.90. The number of hydrogen-bond donors (Lipinski definition) is 3. The zero-order valence-corrected chi connectivity index (χ0v) is 16.4. The summed E-state index contributed by atoms with van der Waals surface area (Å²) >= 11 is 2.19. The molecule has 144 valence electrons. The second-order valence-corrected chi connectivity index (χ2v) is 9.21. The van der Waals surface area contributed by atoms with Crippen LogP contribution >= 0.6 is 23.1 Å². The van der Waals surface area contributed by atoms with Gasteiger partial charge < -0.3 is 15.9 Å². The van der Waals surface area contributed by atoms with E-state index in [0.717, 1.165) is 23.1 Å². The number of β-lactam (4-membered cyclic amide) rings is 1. The number of nitrogens with zero attached hydrogens (tertiary/aromatic N) is 3. The highest BCUT2D eigenvalue weighted by molar-refractivity contribution is 8.01. The number of thioether (sulfide) groups is 1. The minimum atomic E-state index is -4.73. The molecule has 2 heterocycles. The monoisotopic (exact) mass is 423 g/mol. The fraction of sp³-hybridized carbons (Fsp3) is 0.500. The van der Waals surface area contributed by atoms with Crippen LogP contribution in [0, 0.1) is 0 Å². The Morgan fingerprint density at radius 2 is 2.23 bits per heavy atom. The Morgan fingerprint density at radius 3 is 2.69 bits per heavy atom. The lowest BCUT2D eigenvalue weighted by molar-refractivity contribution is -0.140. The predicted octanol–water partition coefficient (Wildman–Crippen LogP) is -0.327. The Kier molecular flexibility index (Phi) is 6.10. The Bertz CT molecular complexity index is 836. The molecule has 2 amide bonds. The fourth-order valence-electron chi connectivity index (χ4n) is 2.13. The first-order valence-electron chi connectivity index (χ1n) is 7.15. The zero-order valence-electron chi connectivity index (χ0n) is 13.9. The van der Waals surface area contributed by atoms with Crippen molar-refractivity contribution in [1.29, 1.82) is 0 Å². The van der Waals surface area contributed by atoms with Gasteiger partial charge in [0.2, 0.25) is 0 Å². The normalized spacial score (nSPS) is 20.9. The van der Waals surface area contributed by atoms with E-state index in [1.165, 1.54) is 12.5 Å². The molecule has 0 aromatic carbocycles. The van der Waals surface area contributed by atoms with E-state index in [0.29, 0.717) is 4.31 Å². The molecule has 1 aromatic rings. The van der Waals surface area contributed by atoms with Crippen LogP contribution in [-0.2, 0) is 24.7 Å². The van der Waals surface area contributed by atoms with Crippen molar-refractivity contribution >= 4 is 56.1 Å². The Morgan fingerprint density at radius 1 is 1.58 bits per heavy atom. The third kappa shape index (κ3) is 4.25. The highest BCUT2D eigenvalue weighted by Crippen LogP contribution is 2.34. The van der Waals surface area contributed by atoms with Crippen molar-refractivity contribution < 1.29 is 27.4 Å². The number of oxime groups is 1. The summed E-state index contributed by atoms with van der Waals surface area (Å²) in [6.07, 6.45) is 0. The van der Waals surface area contributed by atoms with Gasteiger partial charge in [-0.2, -0.15) is 12.7 Å². The number of hydrogen-bond acceptors (Lipinski definition) is 10. The summed E-state index contributed by atoms with van der Waals surface area (Å²) < 4.78 is 32.3. The second-order valence-electron chi connectivity index (χ2n) is 5.33. The highest BCUT2D eigenvalue weighted by atomic mass is 32.2. The van der Waals surface area contributed by atoms with E-state index in [1.807, 2.05) is 0 Å². The molecule has 26 heavy (non-hydrogen) atoms. The van der Waals surface area contributed by atoms with Gasteiger partial charge in [0.1, 0.15) is 24.2 Å². The van der Waals surface area contributed by atoms with Gasteiger partial charge in [-0.1, -0.05) is 19.0 Å². The minimum Gasteiger partial charge on any atom is -0.398 e. The van der Waals surface area contributed by atoms with Gasteiger partial charge in [-0.3, -0.25) is 14.1 Å². The fourth-order valence-corrected chi connectivity index (χ4v) is 4.99. The molecule has 2 rings (SSSR count). The van der Waals surface area contributed by atoms with Gasteiger partial charge in [-0.25, -0.2) is 4.98 Å². The van der Waals surface area contributed by atoms with Crippen LogP contribution in [0.5, 0.6) is 0 Å². The number of nitrogens with one attached hydrogen (secondary N) is 1. The molecular formula is C12H17N5O6S3. The maximum absolute atomic E-state index is 12.5. The van der Waals surface area contributed by atoms with Crippen molar-refractivity contribution in [2.24, 2.45) is 5.16 Å². The van der Waals surface area contributed by atoms with E-state index in [4.69, 9.17) is 5.73 Å². The number of carbonyl (C=O) groups is 2. The lowest BCUT2D eigenvalue weighted by atomic mass is 10.1. The van der Waals surface area contributed by atoms with Crippen LogP contribution in [-0.4, -0.2) is 63.6 Å². The molecule has 0 aliphatic carbocycles. The maximum atomic E-state index is 12.5. The molecule has 1 saturated heterocycles. The standard InChI is InChI=1S/C12H17N5O6S3/c1-5(2)25-11-8(10(19)17(11)26(20,21)22)15-9(18)7(16-23-3)6-4-24-12(13)14-6/h4-5,8,11H,1-3H3,(H2,13,14)(H,15,18)(H,20,21,22)/b16-7+/t8-,11-/m1/s1. The first kappa shape index (κ1) is 20.4. The van der Waals surface area contributed by atoms with Crippen molar-refractivity contribution in [3.05, 3.63) is 11.1 Å². The van der Waals surface area contributed by atoms with Gasteiger partial charge in [0.15, 0.2) is 10.8 Å². The number of nitrogens with two attached hydrogens (primary N) is 1. The summed E-state index contributed by atoms with van der Waals surface area (Å²) in [5.74, 6) is -1.74. The molecule has 1 aliphatic heterocycles. The number of rotatable bonds is 7. The molecule has 2 atom stereocenters. The largest absolute Gasteiger partial charge is 0.398 e. The van der Waals surface area contributed by atoms with E-state index in [9.17, 15) is 22.6 Å². The molecule has 1 aromatic heterocycles. The topological polar surface area (TPSA) is 164 Å². The molecule has 11 nitrogen and oxygen atoms in total. The maximum Gasteiger partial charge on any atom is 0.363 e. The second kappa shape index (κ2) is 7.77. The van der Waals surface area contributed by atoms with E-state index in [1.54, 1.807) is 13.8 Å². The van der Waals surface area contributed by atoms with Crippen molar-refractivity contribution in [3.63, 3.8) is 0 Å². The summed E-state index contributed by atoms with van der Waals surface area (Å²) in [4.78, 5) is 33.2. The number of anilines is 1. The lowest BCUT2D eigenvalue weighted by Gasteiger charge is -2.44. The van der Waals surface area contributed by atoms with Crippen LogP contribution in [0.3, 0.4) is 0 Å². The zero-order chi connectivity index (χ0) is 19.6. The summed E-state index contributed by atoms with van der Waals surface area (Å²) in [7, 11) is -3.50. The van der Waals surface area contributed by atoms with Gasteiger partial charge in [-0.05, 0) is 0 Å². The molecule has 1 fully saturated rings. The highest BCUT2D eigenvalue weighted by Gasteiger charge is 2.54. The van der Waals surface area contributed by atoms with Gasteiger partial charge in [0.05, 0.1) is 0 Å². The molecule has 0 spiro atoms. The van der Waals surface area contributed by atoms with Gasteiger partial charge >= 0.3 is 10.3 Å². The van der Waals surface area contributed by atoms with E-state index >= 15 is 0 Å². The van der Waals surface area contributed by atoms with Crippen molar-refractivity contribution in [3.8, 4) is 0 Å². The molecule has 14 heteroatoms. The minimum absolute atomic E-state index is 0.0674. The molecule has 0 saturated carbocycles. The Balaban J connectivity index is 2.23. The van der Waals surface area contributed by atoms with Crippen LogP contribution < -0.4 is 11.1 Å². The average molecular weight is 423 g/mol. The Labute approximate surface area is 157 Å². The van der Waals surface area contributed by atoms with E-state index in [-0.39, 0.29) is 21.8 Å². The van der Waals surface area contributed by atoms with E-state index in [2.05, 4.69) is 20.3 Å². The van der Waals surface area contributed by atoms with Gasteiger partial charge in [-0.15, -0.1) is 23.1 Å². The quantitative estimate of drug-likeness (QED) is 0.230.